The van der Waals surface area contributed by atoms with E-state index in [4.69, 9.17) is 11.6 Å². The molecule has 1 N–H and O–H groups in total. The Hall–Kier alpha value is -0.560. The summed E-state index contributed by atoms with van der Waals surface area (Å²) in [6, 6.07) is 10.3. The Morgan fingerprint density at radius 1 is 1.10 bits per heavy atom. The van der Waals surface area contributed by atoms with Crippen LogP contribution >= 0.6 is 43.5 Å². The third-order valence-corrected chi connectivity index (χ3v) is 6.37. The number of sulfonamides is 1. The molecule has 0 atom stereocenters. The van der Waals surface area contributed by atoms with Crippen molar-refractivity contribution in [2.45, 2.75) is 17.7 Å². The minimum atomic E-state index is -3.66. The first-order chi connectivity index (χ1) is 9.83. The molecule has 7 heteroatoms. The van der Waals surface area contributed by atoms with E-state index < -0.39 is 10.0 Å². The summed E-state index contributed by atoms with van der Waals surface area (Å²) in [5, 5.41) is 0. The minimum Gasteiger partial charge on any atom is -0.280 e. The molecule has 112 valence electrons. The highest BCUT2D eigenvalue weighted by atomic mass is 79.9. The number of anilines is 1. The zero-order valence-corrected chi connectivity index (χ0v) is 15.8. The zero-order valence-electron chi connectivity index (χ0n) is 11.0. The quantitative estimate of drug-likeness (QED) is 0.658. The Kier molecular flexibility index (Phi) is 5.35. The third-order valence-electron chi connectivity index (χ3n) is 2.86. The van der Waals surface area contributed by atoms with Gasteiger partial charge < -0.3 is 0 Å². The number of alkyl halides is 1. The summed E-state index contributed by atoms with van der Waals surface area (Å²) < 4.78 is 28.7. The number of hydrogen-bond donors (Lipinski definition) is 1. The Balaban J connectivity index is 2.35. The van der Waals surface area contributed by atoms with Crippen molar-refractivity contribution in [1.29, 1.82) is 0 Å². The maximum atomic E-state index is 12.5. The fourth-order valence-electron chi connectivity index (χ4n) is 1.71. The van der Waals surface area contributed by atoms with Gasteiger partial charge in [-0.2, -0.15) is 0 Å². The predicted molar refractivity (Wildman–Crippen MR) is 93.4 cm³/mol. The molecular weight excluding hydrogens is 441 g/mol. The zero-order chi connectivity index (χ0) is 15.6. The van der Waals surface area contributed by atoms with Gasteiger partial charge >= 0.3 is 0 Å². The lowest BCUT2D eigenvalue weighted by Crippen LogP contribution is -2.13. The molecule has 2 aromatic carbocycles. The lowest BCUT2D eigenvalue weighted by atomic mass is 10.2. The lowest BCUT2D eigenvalue weighted by molar-refractivity contribution is 0.600. The van der Waals surface area contributed by atoms with Crippen LogP contribution in [0.25, 0.3) is 0 Å². The molecule has 0 aliphatic rings. The van der Waals surface area contributed by atoms with Crippen LogP contribution in [0.1, 0.15) is 11.1 Å². The van der Waals surface area contributed by atoms with Gasteiger partial charge in [0.25, 0.3) is 10.0 Å². The predicted octanol–water partition coefficient (Wildman–Crippen LogP) is 5.06. The molecule has 0 fully saturated rings. The number of halogens is 3. The van der Waals surface area contributed by atoms with Gasteiger partial charge in [0.05, 0.1) is 0 Å². The van der Waals surface area contributed by atoms with Gasteiger partial charge in [0.1, 0.15) is 4.90 Å². The summed E-state index contributed by atoms with van der Waals surface area (Å²) in [5.74, 6) is 0.392. The molecule has 0 radical (unpaired) electrons. The summed E-state index contributed by atoms with van der Waals surface area (Å²) in [5.41, 5.74) is 2.37. The summed E-state index contributed by atoms with van der Waals surface area (Å²) in [7, 11) is -3.66. The fraction of sp³-hybridized carbons (Fsp3) is 0.143. The summed E-state index contributed by atoms with van der Waals surface area (Å²) in [6.45, 7) is 1.89. The van der Waals surface area contributed by atoms with Crippen molar-refractivity contribution in [3.63, 3.8) is 0 Å². The van der Waals surface area contributed by atoms with Crippen molar-refractivity contribution >= 4 is 59.2 Å². The molecule has 0 unspecified atom stereocenters. The monoisotopic (exact) mass is 451 g/mol. The van der Waals surface area contributed by atoms with Crippen molar-refractivity contribution in [2.24, 2.45) is 0 Å². The van der Waals surface area contributed by atoms with Gasteiger partial charge in [-0.05, 0) is 58.2 Å². The van der Waals surface area contributed by atoms with Crippen molar-refractivity contribution in [3.05, 3.63) is 56.5 Å². The first-order valence-electron chi connectivity index (χ1n) is 5.97. The molecule has 21 heavy (non-hydrogen) atoms. The van der Waals surface area contributed by atoms with E-state index in [0.29, 0.717) is 16.0 Å². The van der Waals surface area contributed by atoms with Crippen LogP contribution in [0.5, 0.6) is 0 Å². The SMILES string of the molecule is Cc1cc(Br)c(S(=O)(=O)Nc2ccc(CCl)cc2)cc1Br. The van der Waals surface area contributed by atoms with Gasteiger partial charge in [-0.15, -0.1) is 11.6 Å². The molecule has 0 bridgehead atoms. The largest absolute Gasteiger partial charge is 0.280 e. The van der Waals surface area contributed by atoms with Crippen molar-refractivity contribution in [3.8, 4) is 0 Å². The van der Waals surface area contributed by atoms with Gasteiger partial charge in [0, 0.05) is 20.5 Å². The molecule has 2 aromatic rings. The molecule has 0 amide bonds. The minimum absolute atomic E-state index is 0.182. The second-order valence-corrected chi connectivity index (χ2v) is 8.09. The number of benzene rings is 2. The van der Waals surface area contributed by atoms with Crippen molar-refractivity contribution in [1.82, 2.24) is 0 Å². The smallest absolute Gasteiger partial charge is 0.263 e. The maximum Gasteiger partial charge on any atom is 0.263 e. The average molecular weight is 454 g/mol. The molecule has 0 saturated heterocycles. The van der Waals surface area contributed by atoms with E-state index >= 15 is 0 Å². The Labute approximate surface area is 146 Å². The van der Waals surface area contributed by atoms with E-state index in [1.807, 2.05) is 6.92 Å². The molecule has 2 rings (SSSR count). The molecule has 3 nitrogen and oxygen atoms in total. The van der Waals surface area contributed by atoms with E-state index in [1.54, 1.807) is 36.4 Å². The summed E-state index contributed by atoms with van der Waals surface area (Å²) in [6.07, 6.45) is 0. The summed E-state index contributed by atoms with van der Waals surface area (Å²) in [4.78, 5) is 0.182. The second-order valence-electron chi connectivity index (χ2n) is 4.47. The highest BCUT2D eigenvalue weighted by Gasteiger charge is 2.19. The average Bonchev–Trinajstić information content (AvgIpc) is 2.43. The van der Waals surface area contributed by atoms with Crippen LogP contribution < -0.4 is 4.72 Å². The number of rotatable bonds is 4. The molecule has 0 saturated carbocycles. The van der Waals surface area contributed by atoms with Crippen LogP contribution in [-0.2, 0) is 15.9 Å². The van der Waals surface area contributed by atoms with Crippen molar-refractivity contribution < 1.29 is 8.42 Å². The lowest BCUT2D eigenvalue weighted by Gasteiger charge is -2.11. The highest BCUT2D eigenvalue weighted by Crippen LogP contribution is 2.30. The molecular formula is C14H12Br2ClNO2S. The van der Waals surface area contributed by atoms with Crippen LogP contribution in [-0.4, -0.2) is 8.42 Å². The second kappa shape index (κ2) is 6.69. The standard InChI is InChI=1S/C14H12Br2ClNO2S/c1-9-6-13(16)14(7-12(9)15)21(19,20)18-11-4-2-10(8-17)3-5-11/h2-7,18H,8H2,1H3. The molecule has 0 aliphatic carbocycles. The highest BCUT2D eigenvalue weighted by molar-refractivity contribution is 9.11. The Morgan fingerprint density at radius 3 is 2.29 bits per heavy atom. The number of nitrogens with one attached hydrogen (secondary N) is 1. The van der Waals surface area contributed by atoms with Crippen LogP contribution in [0.2, 0.25) is 0 Å². The number of aryl methyl sites for hydroxylation is 1. The normalized spacial score (nSPS) is 11.4. The molecule has 0 spiro atoms. The van der Waals surface area contributed by atoms with E-state index in [9.17, 15) is 8.42 Å². The Bertz CT molecular complexity index is 761. The fourth-order valence-corrected chi connectivity index (χ4v) is 4.62. The van der Waals surface area contributed by atoms with E-state index in [2.05, 4.69) is 36.6 Å². The van der Waals surface area contributed by atoms with Crippen LogP contribution in [0.15, 0.2) is 50.2 Å². The van der Waals surface area contributed by atoms with Gasteiger partial charge in [0.2, 0.25) is 0 Å². The molecule has 0 aliphatic heterocycles. The van der Waals surface area contributed by atoms with Gasteiger partial charge in [-0.1, -0.05) is 28.1 Å². The van der Waals surface area contributed by atoms with Gasteiger partial charge in [0.15, 0.2) is 0 Å². The van der Waals surface area contributed by atoms with Crippen LogP contribution in [0, 0.1) is 6.92 Å². The first-order valence-corrected chi connectivity index (χ1v) is 9.57. The summed E-state index contributed by atoms with van der Waals surface area (Å²) >= 11 is 12.4. The maximum absolute atomic E-state index is 12.5. The van der Waals surface area contributed by atoms with E-state index in [-0.39, 0.29) is 4.90 Å². The first kappa shape index (κ1) is 16.8. The van der Waals surface area contributed by atoms with Crippen LogP contribution in [0.3, 0.4) is 0 Å². The molecule has 0 aromatic heterocycles. The number of hydrogen-bond acceptors (Lipinski definition) is 2. The topological polar surface area (TPSA) is 46.2 Å². The third kappa shape index (κ3) is 4.00. The van der Waals surface area contributed by atoms with Crippen molar-refractivity contribution in [2.75, 3.05) is 4.72 Å². The molecule has 0 heterocycles. The van der Waals surface area contributed by atoms with Gasteiger partial charge in [-0.25, -0.2) is 8.42 Å². The van der Waals surface area contributed by atoms with Gasteiger partial charge in [-0.3, -0.25) is 4.72 Å². The van der Waals surface area contributed by atoms with E-state index in [0.717, 1.165) is 15.6 Å². The van der Waals surface area contributed by atoms with E-state index in [1.165, 1.54) is 0 Å². The Morgan fingerprint density at radius 2 is 1.71 bits per heavy atom. The van der Waals surface area contributed by atoms with Crippen LogP contribution in [0.4, 0.5) is 5.69 Å².